The number of hydrogen-bond donors (Lipinski definition) is 2. The number of carbonyl (C=O) groups is 2. The van der Waals surface area contributed by atoms with E-state index >= 15 is 0 Å². The van der Waals surface area contributed by atoms with Gasteiger partial charge in [0, 0.05) is 19.3 Å². The van der Waals surface area contributed by atoms with Gasteiger partial charge in [0.05, 0.1) is 19.8 Å². The number of hydrogen-bond acceptors (Lipinski definition) is 6. The van der Waals surface area contributed by atoms with Crippen molar-refractivity contribution in [2.45, 2.75) is 18.7 Å². The van der Waals surface area contributed by atoms with Gasteiger partial charge in [0.15, 0.2) is 0 Å². The van der Waals surface area contributed by atoms with Crippen LogP contribution in [0, 0.1) is 0 Å². The van der Waals surface area contributed by atoms with E-state index in [1.807, 2.05) is 24.3 Å². The van der Waals surface area contributed by atoms with E-state index < -0.39 is 12.1 Å². The molecule has 3 rings (SSSR count). The summed E-state index contributed by atoms with van der Waals surface area (Å²) in [6, 6.07) is 13.8. The second-order valence-electron chi connectivity index (χ2n) is 7.00. The third kappa shape index (κ3) is 5.35. The molecule has 0 aromatic heterocycles. The largest absolute Gasteiger partial charge is 0.497 e. The predicted octanol–water partition coefficient (Wildman–Crippen LogP) is 1.74. The van der Waals surface area contributed by atoms with Gasteiger partial charge in [0.2, 0.25) is 11.8 Å². The standard InChI is InChI=1S/C22H26N2O6/c1-28-13-20(25)23-17-7-5-16(6-8-17)22(27)19-12-30-14-21(26)24(19)11-15-3-9-18(29-2)10-4-15/h3-10,19,22,27H,11-14H2,1-2H3,(H,23,25)/t19-,22-/m1/s1. The molecule has 0 unspecified atom stereocenters. The Hall–Kier alpha value is -2.94. The zero-order valence-corrected chi connectivity index (χ0v) is 17.0. The smallest absolute Gasteiger partial charge is 0.250 e. The molecule has 2 atom stereocenters. The molecular formula is C22H26N2O6. The molecule has 0 saturated carbocycles. The summed E-state index contributed by atoms with van der Waals surface area (Å²) >= 11 is 0. The van der Waals surface area contributed by atoms with Crippen LogP contribution in [0.5, 0.6) is 5.75 Å². The van der Waals surface area contributed by atoms with Gasteiger partial charge in [0.25, 0.3) is 0 Å². The molecule has 1 saturated heterocycles. The van der Waals surface area contributed by atoms with Gasteiger partial charge in [-0.25, -0.2) is 0 Å². The van der Waals surface area contributed by atoms with Crippen LogP contribution in [0.4, 0.5) is 5.69 Å². The van der Waals surface area contributed by atoms with E-state index in [0.29, 0.717) is 17.8 Å². The van der Waals surface area contributed by atoms with Crippen LogP contribution in [0.25, 0.3) is 0 Å². The van der Waals surface area contributed by atoms with Gasteiger partial charge >= 0.3 is 0 Å². The van der Waals surface area contributed by atoms with Crippen molar-refractivity contribution in [3.63, 3.8) is 0 Å². The summed E-state index contributed by atoms with van der Waals surface area (Å²) in [6.45, 7) is 0.546. The number of aliphatic hydroxyl groups excluding tert-OH is 1. The number of carbonyl (C=O) groups excluding carboxylic acids is 2. The van der Waals surface area contributed by atoms with Crippen molar-refractivity contribution in [2.75, 3.05) is 39.4 Å². The summed E-state index contributed by atoms with van der Waals surface area (Å²) in [5, 5.41) is 13.7. The Kier molecular flexibility index (Phi) is 7.40. The maximum atomic E-state index is 12.5. The number of amides is 2. The first kappa shape index (κ1) is 21.8. The van der Waals surface area contributed by atoms with Crippen molar-refractivity contribution in [3.05, 3.63) is 59.7 Å². The highest BCUT2D eigenvalue weighted by atomic mass is 16.5. The van der Waals surface area contributed by atoms with Crippen molar-refractivity contribution >= 4 is 17.5 Å². The van der Waals surface area contributed by atoms with E-state index in [9.17, 15) is 14.7 Å². The van der Waals surface area contributed by atoms with E-state index in [0.717, 1.165) is 11.3 Å². The molecule has 160 valence electrons. The first-order valence-corrected chi connectivity index (χ1v) is 9.58. The first-order chi connectivity index (χ1) is 14.5. The minimum atomic E-state index is -0.934. The second-order valence-corrected chi connectivity index (χ2v) is 7.00. The van der Waals surface area contributed by atoms with Crippen molar-refractivity contribution in [3.8, 4) is 5.75 Å². The number of ether oxygens (including phenoxy) is 3. The van der Waals surface area contributed by atoms with Crippen LogP contribution in [-0.4, -0.2) is 61.9 Å². The molecule has 2 N–H and O–H groups in total. The third-order valence-corrected chi connectivity index (χ3v) is 4.92. The summed E-state index contributed by atoms with van der Waals surface area (Å²) in [5.74, 6) is 0.300. The number of benzene rings is 2. The average molecular weight is 414 g/mol. The fourth-order valence-corrected chi connectivity index (χ4v) is 3.33. The van der Waals surface area contributed by atoms with E-state index in [2.05, 4.69) is 5.32 Å². The van der Waals surface area contributed by atoms with Crippen LogP contribution in [0.3, 0.4) is 0 Å². The molecule has 0 radical (unpaired) electrons. The zero-order chi connectivity index (χ0) is 21.5. The van der Waals surface area contributed by atoms with Crippen LogP contribution in [0.1, 0.15) is 17.2 Å². The molecule has 30 heavy (non-hydrogen) atoms. The van der Waals surface area contributed by atoms with Gasteiger partial charge in [-0.05, 0) is 35.4 Å². The van der Waals surface area contributed by atoms with Crippen molar-refractivity contribution < 1.29 is 28.9 Å². The molecule has 2 amide bonds. The lowest BCUT2D eigenvalue weighted by molar-refractivity contribution is -0.155. The summed E-state index contributed by atoms with van der Waals surface area (Å²) < 4.78 is 15.4. The van der Waals surface area contributed by atoms with Crippen LogP contribution in [0.15, 0.2) is 48.5 Å². The van der Waals surface area contributed by atoms with Gasteiger partial charge in [-0.3, -0.25) is 9.59 Å². The molecule has 2 aromatic rings. The summed E-state index contributed by atoms with van der Waals surface area (Å²) in [4.78, 5) is 25.8. The van der Waals surface area contributed by atoms with Crippen molar-refractivity contribution in [2.24, 2.45) is 0 Å². The van der Waals surface area contributed by atoms with Gasteiger partial charge in [-0.15, -0.1) is 0 Å². The maximum absolute atomic E-state index is 12.5. The lowest BCUT2D eigenvalue weighted by Gasteiger charge is -2.38. The van der Waals surface area contributed by atoms with Gasteiger partial charge in [0.1, 0.15) is 25.1 Å². The molecule has 2 aromatic carbocycles. The number of anilines is 1. The van der Waals surface area contributed by atoms with E-state index in [-0.39, 0.29) is 31.6 Å². The molecule has 8 nitrogen and oxygen atoms in total. The summed E-state index contributed by atoms with van der Waals surface area (Å²) in [5.41, 5.74) is 2.15. The fraction of sp³-hybridized carbons (Fsp3) is 0.364. The molecule has 8 heteroatoms. The quantitative estimate of drug-likeness (QED) is 0.683. The molecule has 1 fully saturated rings. The second kappa shape index (κ2) is 10.2. The Morgan fingerprint density at radius 3 is 2.53 bits per heavy atom. The number of aliphatic hydroxyl groups is 1. The number of methoxy groups -OCH3 is 2. The number of nitrogens with one attached hydrogen (secondary N) is 1. The lowest BCUT2D eigenvalue weighted by Crippen LogP contribution is -2.51. The lowest BCUT2D eigenvalue weighted by atomic mass is 9.99. The Morgan fingerprint density at radius 2 is 1.90 bits per heavy atom. The molecule has 1 heterocycles. The van der Waals surface area contributed by atoms with E-state index in [1.54, 1.807) is 36.3 Å². The fourth-order valence-electron chi connectivity index (χ4n) is 3.33. The molecule has 0 spiro atoms. The van der Waals surface area contributed by atoms with Gasteiger partial charge in [-0.2, -0.15) is 0 Å². The molecule has 0 bridgehead atoms. The van der Waals surface area contributed by atoms with Gasteiger partial charge in [-0.1, -0.05) is 24.3 Å². The third-order valence-electron chi connectivity index (χ3n) is 4.92. The van der Waals surface area contributed by atoms with Crippen LogP contribution >= 0.6 is 0 Å². The molecule has 0 aliphatic carbocycles. The Bertz CT molecular complexity index is 853. The van der Waals surface area contributed by atoms with Crippen molar-refractivity contribution in [1.29, 1.82) is 0 Å². The highest BCUT2D eigenvalue weighted by molar-refractivity contribution is 5.91. The number of morpholine rings is 1. The highest BCUT2D eigenvalue weighted by Gasteiger charge is 2.34. The highest BCUT2D eigenvalue weighted by Crippen LogP contribution is 2.27. The first-order valence-electron chi connectivity index (χ1n) is 9.58. The van der Waals surface area contributed by atoms with Gasteiger partial charge < -0.3 is 29.5 Å². The molecular weight excluding hydrogens is 388 g/mol. The van der Waals surface area contributed by atoms with E-state index in [4.69, 9.17) is 14.2 Å². The minimum Gasteiger partial charge on any atom is -0.497 e. The minimum absolute atomic E-state index is 0.0101. The Labute approximate surface area is 175 Å². The number of rotatable bonds is 8. The summed E-state index contributed by atoms with van der Waals surface area (Å²) in [7, 11) is 3.05. The number of nitrogens with zero attached hydrogens (tertiary/aromatic N) is 1. The monoisotopic (exact) mass is 414 g/mol. The Morgan fingerprint density at radius 1 is 1.20 bits per heavy atom. The normalized spacial score (nSPS) is 17.5. The van der Waals surface area contributed by atoms with Crippen molar-refractivity contribution in [1.82, 2.24) is 4.90 Å². The molecule has 1 aliphatic heterocycles. The Balaban J connectivity index is 1.72. The molecule has 1 aliphatic rings. The zero-order valence-electron chi connectivity index (χ0n) is 17.0. The topological polar surface area (TPSA) is 97.3 Å². The van der Waals surface area contributed by atoms with Crippen LogP contribution < -0.4 is 10.1 Å². The maximum Gasteiger partial charge on any atom is 0.250 e. The average Bonchev–Trinajstić information content (AvgIpc) is 2.76. The SMILES string of the molecule is COCC(=O)Nc1ccc([C@@H](O)[C@H]2COCC(=O)N2Cc2ccc(OC)cc2)cc1. The van der Waals surface area contributed by atoms with Crippen LogP contribution in [-0.2, 0) is 25.6 Å². The van der Waals surface area contributed by atoms with Crippen LogP contribution in [0.2, 0.25) is 0 Å². The predicted molar refractivity (Wildman–Crippen MR) is 110 cm³/mol. The summed E-state index contributed by atoms with van der Waals surface area (Å²) in [6.07, 6.45) is -0.934. The van der Waals surface area contributed by atoms with E-state index in [1.165, 1.54) is 7.11 Å².